The average molecular weight is 534 g/mol. The number of carbonyl (C=O) groups is 1. The second-order valence-electron chi connectivity index (χ2n) is 6.76. The highest BCUT2D eigenvalue weighted by molar-refractivity contribution is 7.92. The zero-order chi connectivity index (χ0) is 25.3. The van der Waals surface area contributed by atoms with Crippen LogP contribution < -0.4 is 15.4 Å². The lowest BCUT2D eigenvalue weighted by atomic mass is 10.2. The first-order valence-corrected chi connectivity index (χ1v) is 11.7. The van der Waals surface area contributed by atoms with Gasteiger partial charge in [0.2, 0.25) is 0 Å². The van der Waals surface area contributed by atoms with Gasteiger partial charge in [0.15, 0.2) is 5.69 Å². The smallest absolute Gasteiger partial charge is 0.384 e. The summed E-state index contributed by atoms with van der Waals surface area (Å²) in [6.45, 7) is 1.77. The fraction of sp³-hybridized carbons (Fsp3) is 0.150. The van der Waals surface area contributed by atoms with Gasteiger partial charge in [0.1, 0.15) is 11.6 Å². The van der Waals surface area contributed by atoms with Crippen LogP contribution in [-0.4, -0.2) is 30.8 Å². The molecule has 34 heavy (non-hydrogen) atoms. The van der Waals surface area contributed by atoms with Crippen LogP contribution in [0, 0.1) is 0 Å². The molecule has 0 radical (unpaired) electrons. The number of anilines is 3. The third-order valence-electron chi connectivity index (χ3n) is 4.45. The van der Waals surface area contributed by atoms with Gasteiger partial charge in [0.05, 0.1) is 26.2 Å². The van der Waals surface area contributed by atoms with Crippen LogP contribution >= 0.6 is 23.2 Å². The summed E-state index contributed by atoms with van der Waals surface area (Å²) in [6, 6.07) is 7.82. The molecule has 0 bridgehead atoms. The molecule has 8 nitrogen and oxygen atoms in total. The Bertz CT molecular complexity index is 1350. The van der Waals surface area contributed by atoms with Gasteiger partial charge in [0.25, 0.3) is 15.9 Å². The second-order valence-corrected chi connectivity index (χ2v) is 9.29. The number of carbonyl (C=O) groups excluding carboxylic acids is 1. The van der Waals surface area contributed by atoms with Gasteiger partial charge in [-0.25, -0.2) is 18.4 Å². The Morgan fingerprint density at radius 3 is 2.50 bits per heavy atom. The Balaban J connectivity index is 2.04. The number of rotatable bonds is 6. The predicted molar refractivity (Wildman–Crippen MR) is 123 cm³/mol. The second kappa shape index (κ2) is 9.65. The Kier molecular flexibility index (Phi) is 7.24. The van der Waals surface area contributed by atoms with Gasteiger partial charge in [-0.05, 0) is 43.3 Å². The van der Waals surface area contributed by atoms with E-state index < -0.39 is 37.6 Å². The van der Waals surface area contributed by atoms with Crippen LogP contribution in [0.5, 0.6) is 0 Å². The number of amides is 1. The van der Waals surface area contributed by atoms with E-state index in [1.165, 1.54) is 17.0 Å². The summed E-state index contributed by atoms with van der Waals surface area (Å²) in [4.78, 5) is 21.7. The van der Waals surface area contributed by atoms with Gasteiger partial charge in [-0.2, -0.15) is 13.2 Å². The van der Waals surface area contributed by atoms with E-state index in [2.05, 4.69) is 14.7 Å². The average Bonchev–Trinajstić information content (AvgIpc) is 2.73. The fourth-order valence-corrected chi connectivity index (χ4v) is 4.37. The van der Waals surface area contributed by atoms with Gasteiger partial charge < -0.3 is 5.73 Å². The molecule has 0 unspecified atom stereocenters. The van der Waals surface area contributed by atoms with Gasteiger partial charge >= 0.3 is 6.18 Å². The van der Waals surface area contributed by atoms with Crippen molar-refractivity contribution in [2.24, 2.45) is 0 Å². The molecule has 0 atom stereocenters. The van der Waals surface area contributed by atoms with Crippen molar-refractivity contribution in [3.63, 3.8) is 0 Å². The highest BCUT2D eigenvalue weighted by Gasteiger charge is 2.35. The minimum atomic E-state index is -4.88. The van der Waals surface area contributed by atoms with Crippen LogP contribution in [-0.2, 0) is 16.2 Å². The van der Waals surface area contributed by atoms with Crippen LogP contribution in [0.4, 0.5) is 30.5 Å². The van der Waals surface area contributed by atoms with Crippen molar-refractivity contribution in [1.82, 2.24) is 9.97 Å². The zero-order valence-electron chi connectivity index (χ0n) is 17.3. The molecule has 0 fully saturated rings. The third-order valence-corrected chi connectivity index (χ3v) is 6.35. The maximum absolute atomic E-state index is 13.2. The molecule has 3 aromatic rings. The summed E-state index contributed by atoms with van der Waals surface area (Å²) in [7, 11) is -4.60. The summed E-state index contributed by atoms with van der Waals surface area (Å²) in [5, 5.41) is -0.688. The molecule has 14 heteroatoms. The molecule has 0 aliphatic heterocycles. The van der Waals surface area contributed by atoms with E-state index in [1.807, 2.05) is 0 Å². The standard InChI is InChI=1S/C20H16Cl2F3N5O3S/c1-2-30(17-5-3-4-16(26)28-17)19(31)18-15(8-11(21)10-27-18)29-34(32,33)12-6-7-14(22)13(9-12)20(23,24)25/h3-10,29H,2H2,1H3,(H2,26,28). The van der Waals surface area contributed by atoms with Crippen molar-refractivity contribution in [1.29, 1.82) is 0 Å². The van der Waals surface area contributed by atoms with Crippen molar-refractivity contribution in [2.45, 2.75) is 18.0 Å². The highest BCUT2D eigenvalue weighted by atomic mass is 35.5. The molecule has 0 aliphatic carbocycles. The summed E-state index contributed by atoms with van der Waals surface area (Å²) >= 11 is 11.5. The lowest BCUT2D eigenvalue weighted by molar-refractivity contribution is -0.137. The number of hydrogen-bond acceptors (Lipinski definition) is 6. The number of nitrogens with zero attached hydrogens (tertiary/aromatic N) is 3. The van der Waals surface area contributed by atoms with Crippen LogP contribution in [0.2, 0.25) is 10.0 Å². The van der Waals surface area contributed by atoms with E-state index in [0.29, 0.717) is 6.07 Å². The molecule has 0 spiro atoms. The number of hydrogen-bond donors (Lipinski definition) is 2. The van der Waals surface area contributed by atoms with Gasteiger partial charge in [-0.1, -0.05) is 29.3 Å². The molecule has 2 heterocycles. The first-order valence-electron chi connectivity index (χ1n) is 9.43. The number of halogens is 5. The molecule has 1 aromatic carbocycles. The minimum Gasteiger partial charge on any atom is -0.384 e. The van der Waals surface area contributed by atoms with E-state index >= 15 is 0 Å². The van der Waals surface area contributed by atoms with E-state index in [9.17, 15) is 26.4 Å². The Morgan fingerprint density at radius 2 is 1.88 bits per heavy atom. The monoisotopic (exact) mass is 533 g/mol. The van der Waals surface area contributed by atoms with Gasteiger partial charge in [0, 0.05) is 12.7 Å². The first kappa shape index (κ1) is 25.5. The lowest BCUT2D eigenvalue weighted by Gasteiger charge is -2.21. The molecule has 0 saturated carbocycles. The van der Waals surface area contributed by atoms with Crippen LogP contribution in [0.15, 0.2) is 53.6 Å². The number of aromatic nitrogens is 2. The quantitative estimate of drug-likeness (QED) is 0.467. The van der Waals surface area contributed by atoms with Gasteiger partial charge in [-0.3, -0.25) is 14.4 Å². The fourth-order valence-electron chi connectivity index (χ4n) is 2.91. The topological polar surface area (TPSA) is 118 Å². The van der Waals surface area contributed by atoms with E-state index in [0.717, 1.165) is 24.4 Å². The number of sulfonamides is 1. The summed E-state index contributed by atoms with van der Waals surface area (Å²) < 4.78 is 67.4. The maximum Gasteiger partial charge on any atom is 0.417 e. The molecule has 1 amide bonds. The SMILES string of the molecule is CCN(C(=O)c1ncc(Cl)cc1NS(=O)(=O)c1ccc(Cl)c(C(F)(F)F)c1)c1cccc(N)n1. The number of benzene rings is 1. The van der Waals surface area contributed by atoms with Crippen LogP contribution in [0.1, 0.15) is 23.0 Å². The molecular weight excluding hydrogens is 518 g/mol. The lowest BCUT2D eigenvalue weighted by Crippen LogP contribution is -2.33. The Morgan fingerprint density at radius 1 is 1.18 bits per heavy atom. The number of nitrogen functional groups attached to an aromatic ring is 1. The summed E-state index contributed by atoms with van der Waals surface area (Å²) in [5.74, 6) is -0.412. The van der Waals surface area contributed by atoms with Gasteiger partial charge in [-0.15, -0.1) is 0 Å². The van der Waals surface area contributed by atoms with E-state index in [1.54, 1.807) is 13.0 Å². The predicted octanol–water partition coefficient (Wildman–Crippen LogP) is 4.85. The van der Waals surface area contributed by atoms with E-state index in [-0.39, 0.29) is 34.6 Å². The van der Waals surface area contributed by atoms with Crippen molar-refractivity contribution < 1.29 is 26.4 Å². The molecule has 0 aliphatic rings. The molecule has 0 saturated heterocycles. The summed E-state index contributed by atoms with van der Waals surface area (Å²) in [5.41, 5.74) is 3.64. The van der Waals surface area contributed by atoms with Crippen molar-refractivity contribution in [3.05, 3.63) is 70.0 Å². The van der Waals surface area contributed by atoms with E-state index in [4.69, 9.17) is 28.9 Å². The minimum absolute atomic E-state index is 0.0218. The van der Waals surface area contributed by atoms with Crippen molar-refractivity contribution in [3.8, 4) is 0 Å². The normalized spacial score (nSPS) is 11.8. The molecular formula is C20H16Cl2F3N5O3S. The number of pyridine rings is 2. The largest absolute Gasteiger partial charge is 0.417 e. The third kappa shape index (κ3) is 5.51. The molecule has 180 valence electrons. The van der Waals surface area contributed by atoms with Crippen LogP contribution in [0.3, 0.4) is 0 Å². The molecule has 3 N–H and O–H groups in total. The van der Waals surface area contributed by atoms with Crippen LogP contribution in [0.25, 0.3) is 0 Å². The summed E-state index contributed by atoms with van der Waals surface area (Å²) in [6.07, 6.45) is -3.76. The highest BCUT2D eigenvalue weighted by Crippen LogP contribution is 2.36. The van der Waals surface area contributed by atoms with Crippen molar-refractivity contribution >= 4 is 56.5 Å². The maximum atomic E-state index is 13.2. The Hall–Kier alpha value is -3.09. The number of alkyl halides is 3. The number of nitrogens with two attached hydrogens (primary N) is 1. The molecule has 3 rings (SSSR count). The zero-order valence-corrected chi connectivity index (χ0v) is 19.6. The first-order chi connectivity index (χ1) is 15.8. The molecule has 2 aromatic heterocycles. The number of nitrogens with one attached hydrogen (secondary N) is 1. The van der Waals surface area contributed by atoms with Crippen molar-refractivity contribution in [2.75, 3.05) is 21.9 Å². The Labute approximate surface area is 202 Å².